The Kier molecular flexibility index (Phi) is 3.98. The fourth-order valence-electron chi connectivity index (χ4n) is 2.05. The summed E-state index contributed by atoms with van der Waals surface area (Å²) in [5.74, 6) is -0.144. The first-order valence-corrected chi connectivity index (χ1v) is 6.01. The van der Waals surface area contributed by atoms with E-state index in [4.69, 9.17) is 10.5 Å². The van der Waals surface area contributed by atoms with Crippen LogP contribution in [0.15, 0.2) is 24.3 Å². The number of nitrogens with one attached hydrogen (secondary N) is 1. The van der Waals surface area contributed by atoms with Crippen LogP contribution in [0.25, 0.3) is 0 Å². The lowest BCUT2D eigenvalue weighted by Gasteiger charge is -2.11. The van der Waals surface area contributed by atoms with E-state index < -0.39 is 0 Å². The van der Waals surface area contributed by atoms with Crippen molar-refractivity contribution in [1.29, 1.82) is 0 Å². The van der Waals surface area contributed by atoms with Crippen LogP contribution in [0.3, 0.4) is 0 Å². The van der Waals surface area contributed by atoms with Crippen molar-refractivity contribution in [2.24, 2.45) is 0 Å². The molecule has 1 amide bonds. The zero-order valence-corrected chi connectivity index (χ0v) is 9.82. The summed E-state index contributed by atoms with van der Waals surface area (Å²) in [4.78, 5) is 11.6. The van der Waals surface area contributed by atoms with Gasteiger partial charge < -0.3 is 15.8 Å². The van der Waals surface area contributed by atoms with Crippen LogP contribution in [0, 0.1) is 0 Å². The van der Waals surface area contributed by atoms with Gasteiger partial charge in [-0.1, -0.05) is 25.0 Å². The number of hydrogen-bond donors (Lipinski definition) is 2. The van der Waals surface area contributed by atoms with Crippen LogP contribution in [0.5, 0.6) is 0 Å². The van der Waals surface area contributed by atoms with Gasteiger partial charge in [0.1, 0.15) is 6.61 Å². The number of rotatable bonds is 4. The van der Waals surface area contributed by atoms with Crippen molar-refractivity contribution in [2.75, 3.05) is 17.7 Å². The Morgan fingerprint density at radius 1 is 1.35 bits per heavy atom. The van der Waals surface area contributed by atoms with E-state index in [1.807, 2.05) is 12.1 Å². The molecule has 3 N–H and O–H groups in total. The van der Waals surface area contributed by atoms with E-state index >= 15 is 0 Å². The lowest BCUT2D eigenvalue weighted by Crippen LogP contribution is -2.22. The summed E-state index contributed by atoms with van der Waals surface area (Å²) in [6, 6.07) is 7.21. The standard InChI is InChI=1S/C13H18N2O2/c14-11-7-3-4-8-12(11)15-13(16)9-17-10-5-1-2-6-10/h3-4,7-8,10H,1-2,5-6,9,14H2,(H,15,16). The minimum atomic E-state index is -0.144. The van der Waals surface area contributed by atoms with Crippen molar-refractivity contribution in [3.63, 3.8) is 0 Å². The Balaban J connectivity index is 1.79. The highest BCUT2D eigenvalue weighted by molar-refractivity contribution is 5.94. The predicted octanol–water partition coefficient (Wildman–Crippen LogP) is 2.17. The number of carbonyl (C=O) groups is 1. The molecule has 17 heavy (non-hydrogen) atoms. The molecule has 1 aliphatic rings. The number of nitrogens with two attached hydrogens (primary N) is 1. The van der Waals surface area contributed by atoms with Crippen molar-refractivity contribution in [3.8, 4) is 0 Å². The third-order valence-electron chi connectivity index (χ3n) is 2.99. The topological polar surface area (TPSA) is 64.3 Å². The van der Waals surface area contributed by atoms with Crippen molar-refractivity contribution >= 4 is 17.3 Å². The molecule has 1 aromatic rings. The molecule has 4 nitrogen and oxygen atoms in total. The van der Waals surface area contributed by atoms with Gasteiger partial charge in [0, 0.05) is 0 Å². The molecule has 2 rings (SSSR count). The SMILES string of the molecule is Nc1ccccc1NC(=O)COC1CCCC1. The van der Waals surface area contributed by atoms with Crippen LogP contribution in [0.2, 0.25) is 0 Å². The van der Waals surface area contributed by atoms with E-state index in [1.165, 1.54) is 12.8 Å². The van der Waals surface area contributed by atoms with Crippen LogP contribution in [0.1, 0.15) is 25.7 Å². The molecule has 1 saturated carbocycles. The summed E-state index contributed by atoms with van der Waals surface area (Å²) in [6.07, 6.45) is 4.81. The van der Waals surface area contributed by atoms with Crippen LogP contribution >= 0.6 is 0 Å². The molecule has 0 saturated heterocycles. The normalized spacial score (nSPS) is 16.0. The fourth-order valence-corrected chi connectivity index (χ4v) is 2.05. The second kappa shape index (κ2) is 5.68. The molecule has 92 valence electrons. The molecule has 0 atom stereocenters. The van der Waals surface area contributed by atoms with Crippen molar-refractivity contribution in [1.82, 2.24) is 0 Å². The molecular formula is C13H18N2O2. The van der Waals surface area contributed by atoms with E-state index in [-0.39, 0.29) is 18.6 Å². The number of anilines is 2. The lowest BCUT2D eigenvalue weighted by molar-refractivity contribution is -0.122. The average Bonchev–Trinajstić information content (AvgIpc) is 2.82. The van der Waals surface area contributed by atoms with Gasteiger partial charge in [-0.2, -0.15) is 0 Å². The van der Waals surface area contributed by atoms with E-state index in [0.29, 0.717) is 11.4 Å². The summed E-state index contributed by atoms with van der Waals surface area (Å²) in [5.41, 5.74) is 6.95. The molecule has 0 aliphatic heterocycles. The molecular weight excluding hydrogens is 216 g/mol. The van der Waals surface area contributed by atoms with Gasteiger partial charge in [-0.25, -0.2) is 0 Å². The zero-order chi connectivity index (χ0) is 12.1. The van der Waals surface area contributed by atoms with Crippen molar-refractivity contribution in [2.45, 2.75) is 31.8 Å². The van der Waals surface area contributed by atoms with Gasteiger partial charge in [0.2, 0.25) is 5.91 Å². The van der Waals surface area contributed by atoms with Gasteiger partial charge in [-0.05, 0) is 25.0 Å². The molecule has 4 heteroatoms. The summed E-state index contributed by atoms with van der Waals surface area (Å²) >= 11 is 0. The smallest absolute Gasteiger partial charge is 0.250 e. The van der Waals surface area contributed by atoms with Crippen molar-refractivity contribution in [3.05, 3.63) is 24.3 Å². The maximum absolute atomic E-state index is 11.6. The monoisotopic (exact) mass is 234 g/mol. The average molecular weight is 234 g/mol. The first-order chi connectivity index (χ1) is 8.25. The lowest BCUT2D eigenvalue weighted by atomic mass is 10.2. The molecule has 0 unspecified atom stereocenters. The van der Waals surface area contributed by atoms with Gasteiger partial charge in [-0.15, -0.1) is 0 Å². The molecule has 1 aliphatic carbocycles. The molecule has 0 radical (unpaired) electrons. The first-order valence-electron chi connectivity index (χ1n) is 6.01. The first kappa shape index (κ1) is 11.9. The minimum Gasteiger partial charge on any atom is -0.397 e. The Labute approximate surface area is 101 Å². The predicted molar refractivity (Wildman–Crippen MR) is 67.7 cm³/mol. The molecule has 0 bridgehead atoms. The Morgan fingerprint density at radius 3 is 2.76 bits per heavy atom. The number of nitrogen functional groups attached to an aromatic ring is 1. The number of para-hydroxylation sites is 2. The van der Waals surface area contributed by atoms with Crippen LogP contribution < -0.4 is 11.1 Å². The number of hydrogen-bond acceptors (Lipinski definition) is 3. The number of benzene rings is 1. The molecule has 1 fully saturated rings. The highest BCUT2D eigenvalue weighted by atomic mass is 16.5. The molecule has 0 aromatic heterocycles. The number of carbonyl (C=O) groups excluding carboxylic acids is 1. The third-order valence-corrected chi connectivity index (χ3v) is 2.99. The van der Waals surface area contributed by atoms with Gasteiger partial charge >= 0.3 is 0 Å². The van der Waals surface area contributed by atoms with Gasteiger partial charge in [0.25, 0.3) is 0 Å². The maximum Gasteiger partial charge on any atom is 0.250 e. The highest BCUT2D eigenvalue weighted by Gasteiger charge is 2.16. The van der Waals surface area contributed by atoms with Crippen molar-refractivity contribution < 1.29 is 9.53 Å². The van der Waals surface area contributed by atoms with Crippen LogP contribution in [0.4, 0.5) is 11.4 Å². The van der Waals surface area contributed by atoms with E-state index in [2.05, 4.69) is 5.32 Å². The second-order valence-electron chi connectivity index (χ2n) is 4.35. The van der Waals surface area contributed by atoms with Crippen LogP contribution in [-0.2, 0) is 9.53 Å². The quantitative estimate of drug-likeness (QED) is 0.785. The molecule has 0 spiro atoms. The Hall–Kier alpha value is -1.55. The van der Waals surface area contributed by atoms with E-state index in [0.717, 1.165) is 12.8 Å². The van der Waals surface area contributed by atoms with Gasteiger partial charge in [0.15, 0.2) is 0 Å². The van der Waals surface area contributed by atoms with Gasteiger partial charge in [0.05, 0.1) is 17.5 Å². The van der Waals surface area contributed by atoms with Crippen LogP contribution in [-0.4, -0.2) is 18.6 Å². The highest BCUT2D eigenvalue weighted by Crippen LogP contribution is 2.21. The third kappa shape index (κ3) is 3.46. The maximum atomic E-state index is 11.6. The minimum absolute atomic E-state index is 0.110. The second-order valence-corrected chi connectivity index (χ2v) is 4.35. The molecule has 0 heterocycles. The Bertz CT molecular complexity index is 387. The van der Waals surface area contributed by atoms with Gasteiger partial charge in [-0.3, -0.25) is 4.79 Å². The molecule has 1 aromatic carbocycles. The summed E-state index contributed by atoms with van der Waals surface area (Å²) in [6.45, 7) is 0.110. The van der Waals surface area contributed by atoms with E-state index in [9.17, 15) is 4.79 Å². The number of amides is 1. The summed E-state index contributed by atoms with van der Waals surface area (Å²) < 4.78 is 5.52. The summed E-state index contributed by atoms with van der Waals surface area (Å²) in [7, 11) is 0. The fraction of sp³-hybridized carbons (Fsp3) is 0.462. The zero-order valence-electron chi connectivity index (χ0n) is 9.82. The largest absolute Gasteiger partial charge is 0.397 e. The summed E-state index contributed by atoms with van der Waals surface area (Å²) in [5, 5.41) is 2.75. The Morgan fingerprint density at radius 2 is 2.06 bits per heavy atom. The number of ether oxygens (including phenoxy) is 1. The van der Waals surface area contributed by atoms with E-state index in [1.54, 1.807) is 12.1 Å².